The van der Waals surface area contributed by atoms with Crippen molar-refractivity contribution >= 4 is 44.5 Å². The van der Waals surface area contributed by atoms with E-state index >= 15 is 0 Å². The Morgan fingerprint density at radius 1 is 1.09 bits per heavy atom. The third kappa shape index (κ3) is 4.60. The maximum Gasteiger partial charge on any atom is 0.360 e. The molecule has 2 aromatic heterocycles. The van der Waals surface area contributed by atoms with E-state index in [-0.39, 0.29) is 23.6 Å². The quantitative estimate of drug-likeness (QED) is 0.322. The van der Waals surface area contributed by atoms with Gasteiger partial charge in [-0.3, -0.25) is 9.59 Å². The van der Waals surface area contributed by atoms with Crippen molar-refractivity contribution in [3.63, 3.8) is 0 Å². The fourth-order valence-electron chi connectivity index (χ4n) is 3.10. The van der Waals surface area contributed by atoms with Crippen molar-refractivity contribution < 1.29 is 18.7 Å². The summed E-state index contributed by atoms with van der Waals surface area (Å²) in [7, 11) is 0. The van der Waals surface area contributed by atoms with Crippen LogP contribution in [0, 0.1) is 0 Å². The van der Waals surface area contributed by atoms with Crippen molar-refractivity contribution in [3.05, 3.63) is 97.2 Å². The fraction of sp³-hybridized carbons (Fsp3) is 0.0870. The number of nitrogens with zero attached hydrogens (tertiary/aromatic N) is 2. The summed E-state index contributed by atoms with van der Waals surface area (Å²) in [4.78, 5) is 50.5. The number of aromatic nitrogens is 2. The van der Waals surface area contributed by atoms with Crippen LogP contribution in [-0.4, -0.2) is 28.3 Å². The molecule has 0 fully saturated rings. The number of anilines is 1. The molecule has 33 heavy (non-hydrogen) atoms. The predicted molar refractivity (Wildman–Crippen MR) is 124 cm³/mol. The standard InChI is InChI=1S/C23H16BrN3O6/c1-2-32-23(31)20-17(12-19(28)27(26-20)15-6-4-3-5-7-15)25-21(29)16-11-13-10-14(24)8-9-18(13)33-22(16)30/h3-12H,2H2,1H3,(H,25,29). The molecule has 2 heterocycles. The van der Waals surface area contributed by atoms with Crippen molar-refractivity contribution in [3.8, 4) is 5.69 Å². The number of ether oxygens (including phenoxy) is 1. The smallest absolute Gasteiger partial charge is 0.360 e. The molecule has 1 N–H and O–H groups in total. The lowest BCUT2D eigenvalue weighted by atomic mass is 10.1. The van der Waals surface area contributed by atoms with Crippen LogP contribution in [-0.2, 0) is 4.74 Å². The maximum atomic E-state index is 12.9. The molecular weight excluding hydrogens is 494 g/mol. The highest BCUT2D eigenvalue weighted by molar-refractivity contribution is 9.10. The lowest BCUT2D eigenvalue weighted by Crippen LogP contribution is -2.28. The largest absolute Gasteiger partial charge is 0.461 e. The van der Waals surface area contributed by atoms with Crippen LogP contribution in [0.3, 0.4) is 0 Å². The Kier molecular flexibility index (Phi) is 6.18. The number of carbonyl (C=O) groups excluding carboxylic acids is 2. The third-order valence-corrected chi connectivity index (χ3v) is 5.08. The molecule has 0 saturated heterocycles. The van der Waals surface area contributed by atoms with Gasteiger partial charge in [-0.2, -0.15) is 9.78 Å². The predicted octanol–water partition coefficient (Wildman–Crippen LogP) is 3.53. The van der Waals surface area contributed by atoms with Crippen LogP contribution >= 0.6 is 15.9 Å². The Balaban J connectivity index is 1.78. The van der Waals surface area contributed by atoms with Gasteiger partial charge < -0.3 is 14.5 Å². The van der Waals surface area contributed by atoms with Crippen LogP contribution in [0.5, 0.6) is 0 Å². The van der Waals surface area contributed by atoms with Gasteiger partial charge in [-0.25, -0.2) is 9.59 Å². The normalized spacial score (nSPS) is 10.7. The number of carbonyl (C=O) groups is 2. The van der Waals surface area contributed by atoms with E-state index in [0.717, 1.165) is 15.2 Å². The number of hydrogen-bond acceptors (Lipinski definition) is 7. The number of benzene rings is 2. The Labute approximate surface area is 194 Å². The first-order chi connectivity index (χ1) is 15.9. The summed E-state index contributed by atoms with van der Waals surface area (Å²) in [6.07, 6.45) is 0. The topological polar surface area (TPSA) is 120 Å². The van der Waals surface area contributed by atoms with Gasteiger partial charge in [-0.1, -0.05) is 34.1 Å². The molecule has 4 rings (SSSR count). The van der Waals surface area contributed by atoms with Crippen LogP contribution in [0.25, 0.3) is 16.7 Å². The molecule has 4 aromatic rings. The van der Waals surface area contributed by atoms with Gasteiger partial charge in [0.05, 0.1) is 18.0 Å². The Morgan fingerprint density at radius 2 is 1.85 bits per heavy atom. The minimum absolute atomic E-state index is 0.0570. The summed E-state index contributed by atoms with van der Waals surface area (Å²) in [6.45, 7) is 1.67. The second-order valence-corrected chi connectivity index (χ2v) is 7.71. The van der Waals surface area contributed by atoms with E-state index in [9.17, 15) is 19.2 Å². The monoisotopic (exact) mass is 509 g/mol. The van der Waals surface area contributed by atoms with Crippen LogP contribution in [0.1, 0.15) is 27.8 Å². The van der Waals surface area contributed by atoms with E-state index in [1.165, 1.54) is 6.07 Å². The Hall–Kier alpha value is -4.05. The summed E-state index contributed by atoms with van der Waals surface area (Å²) in [5, 5.41) is 7.03. The average Bonchev–Trinajstić information content (AvgIpc) is 2.79. The number of fused-ring (bicyclic) bond motifs is 1. The number of amides is 1. The van der Waals surface area contributed by atoms with E-state index in [1.54, 1.807) is 55.5 Å². The summed E-state index contributed by atoms with van der Waals surface area (Å²) in [5.74, 6) is -1.71. The fourth-order valence-corrected chi connectivity index (χ4v) is 3.48. The highest BCUT2D eigenvalue weighted by Crippen LogP contribution is 2.20. The molecule has 0 unspecified atom stereocenters. The van der Waals surface area contributed by atoms with Crippen molar-refractivity contribution in [1.29, 1.82) is 0 Å². The van der Waals surface area contributed by atoms with Crippen LogP contribution < -0.4 is 16.5 Å². The molecular formula is C23H16BrN3O6. The van der Waals surface area contributed by atoms with Crippen LogP contribution in [0.15, 0.2) is 79.1 Å². The van der Waals surface area contributed by atoms with E-state index < -0.39 is 23.1 Å². The summed E-state index contributed by atoms with van der Waals surface area (Å²) >= 11 is 3.32. The maximum absolute atomic E-state index is 12.9. The van der Waals surface area contributed by atoms with Gasteiger partial charge in [0.1, 0.15) is 11.1 Å². The van der Waals surface area contributed by atoms with Crippen molar-refractivity contribution in [2.45, 2.75) is 6.92 Å². The lowest BCUT2D eigenvalue weighted by molar-refractivity contribution is 0.0518. The summed E-state index contributed by atoms with van der Waals surface area (Å²) < 4.78 is 12.0. The molecule has 0 spiro atoms. The van der Waals surface area contributed by atoms with Gasteiger partial charge in [0.25, 0.3) is 11.5 Å². The zero-order valence-corrected chi connectivity index (χ0v) is 18.8. The van der Waals surface area contributed by atoms with Gasteiger partial charge in [0.15, 0.2) is 5.69 Å². The molecule has 1 amide bonds. The Bertz CT molecular complexity index is 1490. The molecule has 0 radical (unpaired) electrons. The Morgan fingerprint density at radius 3 is 2.58 bits per heavy atom. The molecule has 0 aliphatic heterocycles. The van der Waals surface area contributed by atoms with E-state index in [0.29, 0.717) is 16.7 Å². The van der Waals surface area contributed by atoms with Gasteiger partial charge in [0, 0.05) is 15.9 Å². The molecule has 2 aromatic carbocycles. The van der Waals surface area contributed by atoms with Gasteiger partial charge in [-0.15, -0.1) is 0 Å². The highest BCUT2D eigenvalue weighted by Gasteiger charge is 2.22. The number of nitrogens with one attached hydrogen (secondary N) is 1. The minimum Gasteiger partial charge on any atom is -0.461 e. The van der Waals surface area contributed by atoms with Crippen molar-refractivity contribution in [2.75, 3.05) is 11.9 Å². The van der Waals surface area contributed by atoms with Crippen molar-refractivity contribution in [1.82, 2.24) is 9.78 Å². The van der Waals surface area contributed by atoms with Gasteiger partial charge in [-0.05, 0) is 43.3 Å². The minimum atomic E-state index is -0.870. The number of halogens is 1. The van der Waals surface area contributed by atoms with E-state index in [2.05, 4.69) is 26.3 Å². The van der Waals surface area contributed by atoms with Crippen molar-refractivity contribution in [2.24, 2.45) is 0 Å². The van der Waals surface area contributed by atoms with Crippen LogP contribution in [0.2, 0.25) is 0 Å². The first-order valence-electron chi connectivity index (χ1n) is 9.79. The lowest BCUT2D eigenvalue weighted by Gasteiger charge is -2.12. The molecule has 0 aliphatic rings. The summed E-state index contributed by atoms with van der Waals surface area (Å²) in [6, 6.07) is 15.8. The van der Waals surface area contributed by atoms with Gasteiger partial charge >= 0.3 is 11.6 Å². The number of hydrogen-bond donors (Lipinski definition) is 1. The highest BCUT2D eigenvalue weighted by atomic mass is 79.9. The molecule has 166 valence electrons. The molecule has 0 aliphatic carbocycles. The SMILES string of the molecule is CCOC(=O)c1nn(-c2ccccc2)c(=O)cc1NC(=O)c1cc2cc(Br)ccc2oc1=O. The number of para-hydroxylation sites is 1. The summed E-state index contributed by atoms with van der Waals surface area (Å²) in [5.41, 5.74) is -1.52. The molecule has 0 saturated carbocycles. The number of rotatable bonds is 5. The first kappa shape index (κ1) is 22.2. The third-order valence-electron chi connectivity index (χ3n) is 4.59. The molecule has 0 bridgehead atoms. The second-order valence-electron chi connectivity index (χ2n) is 6.80. The molecule has 10 heteroatoms. The molecule has 0 atom stereocenters. The zero-order valence-electron chi connectivity index (χ0n) is 17.2. The second kappa shape index (κ2) is 9.21. The van der Waals surface area contributed by atoms with Gasteiger partial charge in [0.2, 0.25) is 0 Å². The molecule has 9 nitrogen and oxygen atoms in total. The zero-order chi connectivity index (χ0) is 23.5. The van der Waals surface area contributed by atoms with Crippen LogP contribution in [0.4, 0.5) is 5.69 Å². The number of esters is 1. The first-order valence-corrected chi connectivity index (χ1v) is 10.6. The average molecular weight is 510 g/mol. The van der Waals surface area contributed by atoms with E-state index in [4.69, 9.17) is 9.15 Å². The van der Waals surface area contributed by atoms with E-state index in [1.807, 2.05) is 0 Å².